The molecule has 0 bridgehead atoms. The number of hydrogen-bond acceptors (Lipinski definition) is 6. The minimum atomic E-state index is 0.425. The average molecular weight is 293 g/mol. The Morgan fingerprint density at radius 1 is 1.15 bits per heavy atom. The highest BCUT2D eigenvalue weighted by Gasteiger charge is 2.07. The molecule has 2 aromatic rings. The van der Waals surface area contributed by atoms with Gasteiger partial charge in [0.2, 0.25) is 0 Å². The largest absolute Gasteiger partial charge is 0.494 e. The van der Waals surface area contributed by atoms with E-state index in [1.165, 1.54) is 11.3 Å². The number of rotatable bonds is 7. The van der Waals surface area contributed by atoms with Crippen LogP contribution in [0.1, 0.15) is 25.8 Å². The van der Waals surface area contributed by atoms with Gasteiger partial charge in [0.1, 0.15) is 16.5 Å². The summed E-state index contributed by atoms with van der Waals surface area (Å²) in [5.41, 5.74) is 0. The number of nitrogens with one attached hydrogen (secondary N) is 1. The van der Waals surface area contributed by atoms with Gasteiger partial charge < -0.3 is 14.8 Å². The van der Waals surface area contributed by atoms with Gasteiger partial charge in [0.25, 0.3) is 5.19 Å². The molecule has 5 nitrogen and oxygen atoms in total. The van der Waals surface area contributed by atoms with Crippen LogP contribution >= 0.6 is 11.3 Å². The first kappa shape index (κ1) is 14.7. The predicted octanol–water partition coefficient (Wildman–Crippen LogP) is 3.23. The summed E-state index contributed by atoms with van der Waals surface area (Å²) in [5.74, 6) is 1.56. The first-order chi connectivity index (χ1) is 9.67. The van der Waals surface area contributed by atoms with Crippen LogP contribution in [0.4, 0.5) is 0 Å². The fourth-order valence-electron chi connectivity index (χ4n) is 1.51. The molecule has 6 heteroatoms. The molecule has 0 aliphatic rings. The third kappa shape index (κ3) is 4.47. The molecule has 0 spiro atoms. The fraction of sp³-hybridized carbons (Fsp3) is 0.429. The van der Waals surface area contributed by atoms with Gasteiger partial charge in [0.05, 0.1) is 13.2 Å². The van der Waals surface area contributed by atoms with Gasteiger partial charge in [-0.25, -0.2) is 0 Å². The zero-order valence-corrected chi connectivity index (χ0v) is 12.7. The van der Waals surface area contributed by atoms with Crippen molar-refractivity contribution in [1.82, 2.24) is 15.5 Å². The topological polar surface area (TPSA) is 56.3 Å². The van der Waals surface area contributed by atoms with E-state index in [1.54, 1.807) is 0 Å². The average Bonchev–Trinajstić information content (AvgIpc) is 2.87. The van der Waals surface area contributed by atoms with Gasteiger partial charge in [0, 0.05) is 6.04 Å². The van der Waals surface area contributed by atoms with Gasteiger partial charge in [-0.1, -0.05) is 30.3 Å². The zero-order chi connectivity index (χ0) is 14.4. The molecule has 0 amide bonds. The van der Waals surface area contributed by atoms with E-state index in [2.05, 4.69) is 29.4 Å². The summed E-state index contributed by atoms with van der Waals surface area (Å²) in [6, 6.07) is 7.90. The van der Waals surface area contributed by atoms with Crippen molar-refractivity contribution in [3.8, 4) is 16.7 Å². The lowest BCUT2D eigenvalue weighted by atomic mass is 10.3. The molecule has 0 atom stereocenters. The summed E-state index contributed by atoms with van der Waals surface area (Å²) >= 11 is 1.45. The van der Waals surface area contributed by atoms with E-state index in [1.807, 2.05) is 31.2 Å². The second-order valence-electron chi connectivity index (χ2n) is 4.50. The van der Waals surface area contributed by atoms with Gasteiger partial charge in [0.15, 0.2) is 0 Å². The lowest BCUT2D eigenvalue weighted by molar-refractivity contribution is 0.339. The summed E-state index contributed by atoms with van der Waals surface area (Å²) in [5, 5.41) is 12.9. The van der Waals surface area contributed by atoms with Gasteiger partial charge >= 0.3 is 0 Å². The standard InChI is InChI=1S/C14H19N3O2S/c1-4-18-11-5-7-12(8-6-11)19-14-17-16-13(20-14)9-15-10(2)3/h5-8,10,15H,4,9H2,1-3H3. The molecule has 0 aliphatic heterocycles. The van der Waals surface area contributed by atoms with Gasteiger partial charge in [-0.05, 0) is 31.2 Å². The summed E-state index contributed by atoms with van der Waals surface area (Å²) in [6.07, 6.45) is 0. The van der Waals surface area contributed by atoms with E-state index in [9.17, 15) is 0 Å². The number of ether oxygens (including phenoxy) is 2. The first-order valence-corrected chi connectivity index (χ1v) is 7.45. The Kier molecular flexibility index (Phi) is 5.31. The van der Waals surface area contributed by atoms with Crippen LogP contribution in [0.3, 0.4) is 0 Å². The van der Waals surface area contributed by atoms with E-state index in [0.29, 0.717) is 24.4 Å². The Morgan fingerprint density at radius 3 is 2.50 bits per heavy atom. The molecule has 2 rings (SSSR count). The first-order valence-electron chi connectivity index (χ1n) is 6.64. The molecule has 1 N–H and O–H groups in total. The van der Waals surface area contributed by atoms with E-state index in [-0.39, 0.29) is 0 Å². The second kappa shape index (κ2) is 7.21. The molecule has 1 heterocycles. The zero-order valence-electron chi connectivity index (χ0n) is 11.9. The van der Waals surface area contributed by atoms with Gasteiger partial charge in [-0.2, -0.15) is 0 Å². The maximum absolute atomic E-state index is 5.66. The number of nitrogens with zero attached hydrogens (tertiary/aromatic N) is 2. The van der Waals surface area contributed by atoms with Crippen LogP contribution in [0.15, 0.2) is 24.3 Å². The fourth-order valence-corrected chi connectivity index (χ4v) is 2.17. The Balaban J connectivity index is 1.92. The van der Waals surface area contributed by atoms with Crippen molar-refractivity contribution in [3.05, 3.63) is 29.3 Å². The molecular weight excluding hydrogens is 274 g/mol. The Morgan fingerprint density at radius 2 is 1.85 bits per heavy atom. The van der Waals surface area contributed by atoms with E-state index in [4.69, 9.17) is 9.47 Å². The normalized spacial score (nSPS) is 10.8. The van der Waals surface area contributed by atoms with Gasteiger partial charge in [-0.15, -0.1) is 5.10 Å². The van der Waals surface area contributed by atoms with Crippen molar-refractivity contribution in [2.45, 2.75) is 33.4 Å². The van der Waals surface area contributed by atoms with Crippen LogP contribution in [-0.2, 0) is 6.54 Å². The summed E-state index contributed by atoms with van der Waals surface area (Å²) in [4.78, 5) is 0. The molecular formula is C14H19N3O2S. The molecule has 1 aromatic carbocycles. The highest BCUT2D eigenvalue weighted by molar-refractivity contribution is 7.13. The van der Waals surface area contributed by atoms with Crippen LogP contribution in [0.5, 0.6) is 16.7 Å². The van der Waals surface area contributed by atoms with Crippen LogP contribution < -0.4 is 14.8 Å². The summed E-state index contributed by atoms with van der Waals surface area (Å²) in [7, 11) is 0. The number of benzene rings is 1. The van der Waals surface area contributed by atoms with Crippen LogP contribution in [0.2, 0.25) is 0 Å². The maximum atomic E-state index is 5.66. The van der Waals surface area contributed by atoms with Gasteiger partial charge in [-0.3, -0.25) is 0 Å². The third-order valence-electron chi connectivity index (χ3n) is 2.45. The summed E-state index contributed by atoms with van der Waals surface area (Å²) in [6.45, 7) is 7.51. The van der Waals surface area contributed by atoms with E-state index < -0.39 is 0 Å². The van der Waals surface area contributed by atoms with Crippen LogP contribution in [-0.4, -0.2) is 22.8 Å². The molecule has 0 saturated heterocycles. The highest BCUT2D eigenvalue weighted by Crippen LogP contribution is 2.26. The SMILES string of the molecule is CCOc1ccc(Oc2nnc(CNC(C)C)s2)cc1. The minimum Gasteiger partial charge on any atom is -0.494 e. The van der Waals surface area contributed by atoms with E-state index in [0.717, 1.165) is 16.5 Å². The molecule has 0 unspecified atom stereocenters. The van der Waals surface area contributed by atoms with Crippen molar-refractivity contribution >= 4 is 11.3 Å². The molecule has 0 radical (unpaired) electrons. The number of hydrogen-bond donors (Lipinski definition) is 1. The van der Waals surface area contributed by atoms with E-state index >= 15 is 0 Å². The molecule has 0 aliphatic carbocycles. The Hall–Kier alpha value is -1.66. The molecule has 20 heavy (non-hydrogen) atoms. The van der Waals surface area contributed by atoms with Crippen molar-refractivity contribution in [2.24, 2.45) is 0 Å². The van der Waals surface area contributed by atoms with Crippen molar-refractivity contribution in [2.75, 3.05) is 6.61 Å². The smallest absolute Gasteiger partial charge is 0.299 e. The second-order valence-corrected chi connectivity index (χ2v) is 5.53. The lowest BCUT2D eigenvalue weighted by Crippen LogP contribution is -2.21. The quantitative estimate of drug-likeness (QED) is 0.849. The van der Waals surface area contributed by atoms with Crippen LogP contribution in [0.25, 0.3) is 0 Å². The Labute approximate surface area is 123 Å². The third-order valence-corrected chi connectivity index (χ3v) is 3.25. The molecule has 0 fully saturated rings. The lowest BCUT2D eigenvalue weighted by Gasteiger charge is -2.04. The van der Waals surface area contributed by atoms with Crippen molar-refractivity contribution < 1.29 is 9.47 Å². The minimum absolute atomic E-state index is 0.425. The molecule has 1 aromatic heterocycles. The van der Waals surface area contributed by atoms with Crippen molar-refractivity contribution in [1.29, 1.82) is 0 Å². The predicted molar refractivity (Wildman–Crippen MR) is 79.6 cm³/mol. The highest BCUT2D eigenvalue weighted by atomic mass is 32.1. The number of aromatic nitrogens is 2. The molecule has 0 saturated carbocycles. The monoisotopic (exact) mass is 293 g/mol. The Bertz CT molecular complexity index is 525. The van der Waals surface area contributed by atoms with Crippen molar-refractivity contribution in [3.63, 3.8) is 0 Å². The molecule has 108 valence electrons. The van der Waals surface area contributed by atoms with Crippen LogP contribution in [0, 0.1) is 0 Å². The maximum Gasteiger partial charge on any atom is 0.299 e. The summed E-state index contributed by atoms with van der Waals surface area (Å²) < 4.78 is 11.0.